The van der Waals surface area contributed by atoms with Gasteiger partial charge >= 0.3 is 0 Å². The number of rotatable bonds is 4. The van der Waals surface area contributed by atoms with E-state index in [1.807, 2.05) is 0 Å². The lowest BCUT2D eigenvalue weighted by Gasteiger charge is -2.37. The Hall–Kier alpha value is -0.120. The molecule has 0 fully saturated rings. The highest BCUT2D eigenvalue weighted by Crippen LogP contribution is 2.14. The normalized spacial score (nSPS) is 17.5. The summed E-state index contributed by atoms with van der Waals surface area (Å²) >= 11 is 0. The Kier molecular flexibility index (Phi) is 4.89. The minimum atomic E-state index is -0.349. The third kappa shape index (κ3) is 6.02. The molecule has 0 aromatic carbocycles. The highest BCUT2D eigenvalue weighted by Gasteiger charge is 2.23. The van der Waals surface area contributed by atoms with Crippen LogP contribution in [0.4, 0.5) is 0 Å². The summed E-state index contributed by atoms with van der Waals surface area (Å²) in [5, 5.41) is 18.6. The van der Waals surface area contributed by atoms with Crippen molar-refractivity contribution in [2.75, 3.05) is 13.1 Å². The molecule has 3 heteroatoms. The Balaban J connectivity index is 4.20. The van der Waals surface area contributed by atoms with E-state index < -0.39 is 0 Å². The van der Waals surface area contributed by atoms with Crippen molar-refractivity contribution in [3.8, 4) is 0 Å². The number of nitrogens with zero attached hydrogens (tertiary/aromatic N) is 1. The van der Waals surface area contributed by atoms with Crippen LogP contribution in [0.3, 0.4) is 0 Å². The molecule has 0 rings (SSSR count). The Labute approximate surface area is 81.4 Å². The van der Waals surface area contributed by atoms with Gasteiger partial charge in [-0.1, -0.05) is 0 Å². The van der Waals surface area contributed by atoms with Gasteiger partial charge < -0.3 is 10.2 Å². The van der Waals surface area contributed by atoms with Crippen molar-refractivity contribution in [1.82, 2.24) is 4.90 Å². The van der Waals surface area contributed by atoms with Crippen LogP contribution in [0.1, 0.15) is 34.6 Å². The fourth-order valence-corrected chi connectivity index (χ4v) is 1.26. The van der Waals surface area contributed by atoms with Crippen molar-refractivity contribution in [2.24, 2.45) is 0 Å². The molecule has 2 unspecified atom stereocenters. The van der Waals surface area contributed by atoms with E-state index in [0.717, 1.165) is 0 Å². The van der Waals surface area contributed by atoms with E-state index in [-0.39, 0.29) is 17.7 Å². The van der Waals surface area contributed by atoms with Crippen LogP contribution in [0.5, 0.6) is 0 Å². The molecular formula is C10H23NO2. The van der Waals surface area contributed by atoms with Gasteiger partial charge in [-0.05, 0) is 34.6 Å². The number of aliphatic hydroxyl groups excluding tert-OH is 2. The minimum Gasteiger partial charge on any atom is -0.392 e. The number of hydrogen-bond acceptors (Lipinski definition) is 3. The van der Waals surface area contributed by atoms with Crippen LogP contribution >= 0.6 is 0 Å². The van der Waals surface area contributed by atoms with Crippen molar-refractivity contribution in [3.05, 3.63) is 0 Å². The fraction of sp³-hybridized carbons (Fsp3) is 1.00. The molecule has 13 heavy (non-hydrogen) atoms. The molecule has 0 aromatic heterocycles. The Morgan fingerprint density at radius 3 is 1.46 bits per heavy atom. The summed E-state index contributed by atoms with van der Waals surface area (Å²) in [6.07, 6.45) is -0.698. The first-order valence-electron chi connectivity index (χ1n) is 4.84. The van der Waals surface area contributed by atoms with E-state index in [0.29, 0.717) is 13.1 Å². The molecule has 0 saturated carbocycles. The Morgan fingerprint density at radius 1 is 1.00 bits per heavy atom. The van der Waals surface area contributed by atoms with Gasteiger partial charge in [-0.15, -0.1) is 0 Å². The predicted octanol–water partition coefficient (Wildman–Crippen LogP) is 0.848. The molecule has 2 atom stereocenters. The second-order valence-corrected chi connectivity index (χ2v) is 4.77. The monoisotopic (exact) mass is 189 g/mol. The summed E-state index contributed by atoms with van der Waals surface area (Å²) in [6.45, 7) is 11.0. The molecule has 2 N–H and O–H groups in total. The van der Waals surface area contributed by atoms with E-state index in [1.54, 1.807) is 13.8 Å². The molecule has 3 nitrogen and oxygen atoms in total. The SMILES string of the molecule is CC(O)CN(CC(C)O)C(C)(C)C. The summed E-state index contributed by atoms with van der Waals surface area (Å²) < 4.78 is 0. The highest BCUT2D eigenvalue weighted by atomic mass is 16.3. The van der Waals surface area contributed by atoms with Crippen molar-refractivity contribution in [2.45, 2.75) is 52.4 Å². The van der Waals surface area contributed by atoms with Crippen molar-refractivity contribution < 1.29 is 10.2 Å². The minimum absolute atomic E-state index is 0.00597. The van der Waals surface area contributed by atoms with Crippen LogP contribution < -0.4 is 0 Å². The lowest BCUT2D eigenvalue weighted by molar-refractivity contribution is 0.0310. The standard InChI is InChI=1S/C10H23NO2/c1-8(12)6-11(7-9(2)13)10(3,4)5/h8-9,12-13H,6-7H2,1-5H3. The van der Waals surface area contributed by atoms with Crippen LogP contribution in [0.15, 0.2) is 0 Å². The smallest absolute Gasteiger partial charge is 0.0639 e. The van der Waals surface area contributed by atoms with Crippen LogP contribution in [0, 0.1) is 0 Å². The van der Waals surface area contributed by atoms with E-state index >= 15 is 0 Å². The first kappa shape index (κ1) is 12.9. The third-order valence-electron chi connectivity index (χ3n) is 1.92. The van der Waals surface area contributed by atoms with Gasteiger partial charge in [-0.3, -0.25) is 4.90 Å². The first-order valence-corrected chi connectivity index (χ1v) is 4.84. The lowest BCUT2D eigenvalue weighted by Crippen LogP contribution is -2.48. The summed E-state index contributed by atoms with van der Waals surface area (Å²) in [4.78, 5) is 2.09. The molecule has 0 aromatic rings. The molecule has 80 valence electrons. The molecule has 0 heterocycles. The molecule has 0 aliphatic heterocycles. The number of β-amino-alcohol motifs (C(OH)–C–C–N with tert-alkyl or cyclic N) is 2. The van der Waals surface area contributed by atoms with Crippen molar-refractivity contribution >= 4 is 0 Å². The summed E-state index contributed by atoms with van der Waals surface area (Å²) in [7, 11) is 0. The zero-order valence-electron chi connectivity index (χ0n) is 9.41. The highest BCUT2D eigenvalue weighted by molar-refractivity contribution is 4.78. The first-order chi connectivity index (χ1) is 5.73. The summed E-state index contributed by atoms with van der Waals surface area (Å²) in [6, 6.07) is 0. The quantitative estimate of drug-likeness (QED) is 0.689. The average molecular weight is 189 g/mol. The molecule has 0 saturated heterocycles. The summed E-state index contributed by atoms with van der Waals surface area (Å²) in [5.74, 6) is 0. The van der Waals surface area contributed by atoms with Gasteiger partial charge in [0.05, 0.1) is 12.2 Å². The van der Waals surface area contributed by atoms with Gasteiger partial charge in [0.1, 0.15) is 0 Å². The lowest BCUT2D eigenvalue weighted by atomic mass is 10.0. The van der Waals surface area contributed by atoms with Crippen molar-refractivity contribution in [1.29, 1.82) is 0 Å². The largest absolute Gasteiger partial charge is 0.392 e. The zero-order chi connectivity index (χ0) is 10.6. The maximum Gasteiger partial charge on any atom is 0.0639 e. The van der Waals surface area contributed by atoms with Gasteiger partial charge in [-0.2, -0.15) is 0 Å². The Bertz CT molecular complexity index is 128. The summed E-state index contributed by atoms with van der Waals surface area (Å²) in [5.41, 5.74) is -0.00597. The van der Waals surface area contributed by atoms with Crippen LogP contribution in [-0.2, 0) is 0 Å². The molecule has 0 bridgehead atoms. The van der Waals surface area contributed by atoms with Crippen LogP contribution in [0.25, 0.3) is 0 Å². The maximum absolute atomic E-state index is 9.28. The van der Waals surface area contributed by atoms with Gasteiger partial charge in [-0.25, -0.2) is 0 Å². The van der Waals surface area contributed by atoms with Gasteiger partial charge in [0.2, 0.25) is 0 Å². The second kappa shape index (κ2) is 4.94. The molecule has 0 radical (unpaired) electrons. The second-order valence-electron chi connectivity index (χ2n) is 4.77. The maximum atomic E-state index is 9.28. The Morgan fingerprint density at radius 2 is 1.31 bits per heavy atom. The van der Waals surface area contributed by atoms with E-state index in [9.17, 15) is 10.2 Å². The topological polar surface area (TPSA) is 43.7 Å². The zero-order valence-corrected chi connectivity index (χ0v) is 9.41. The van der Waals surface area contributed by atoms with E-state index in [2.05, 4.69) is 25.7 Å². The molecule has 0 spiro atoms. The van der Waals surface area contributed by atoms with Crippen LogP contribution in [-0.4, -0.2) is 45.9 Å². The molecule has 0 aliphatic carbocycles. The fourth-order valence-electron chi connectivity index (χ4n) is 1.26. The molecule has 0 amide bonds. The number of aliphatic hydroxyl groups is 2. The van der Waals surface area contributed by atoms with Gasteiger partial charge in [0.25, 0.3) is 0 Å². The molecular weight excluding hydrogens is 166 g/mol. The predicted molar refractivity (Wildman–Crippen MR) is 54.7 cm³/mol. The van der Waals surface area contributed by atoms with E-state index in [4.69, 9.17) is 0 Å². The van der Waals surface area contributed by atoms with Crippen LogP contribution in [0.2, 0.25) is 0 Å². The average Bonchev–Trinajstić information content (AvgIpc) is 1.81. The third-order valence-corrected chi connectivity index (χ3v) is 1.92. The van der Waals surface area contributed by atoms with E-state index in [1.165, 1.54) is 0 Å². The number of hydrogen-bond donors (Lipinski definition) is 2. The van der Waals surface area contributed by atoms with Crippen molar-refractivity contribution in [3.63, 3.8) is 0 Å². The van der Waals surface area contributed by atoms with Gasteiger partial charge in [0, 0.05) is 18.6 Å². The van der Waals surface area contributed by atoms with Gasteiger partial charge in [0.15, 0.2) is 0 Å². The molecule has 0 aliphatic rings.